The average molecular weight is 226 g/mol. The van der Waals surface area contributed by atoms with Gasteiger partial charge in [-0.3, -0.25) is 4.79 Å². The Bertz CT molecular complexity index is 336. The summed E-state index contributed by atoms with van der Waals surface area (Å²) < 4.78 is 0. The number of carbonyl (C=O) groups is 1. The van der Waals surface area contributed by atoms with Crippen molar-refractivity contribution in [2.75, 3.05) is 5.32 Å². The SMILES string of the molecule is CC(C)CC(=O)Nc1ccccc1CCl. The van der Waals surface area contributed by atoms with E-state index in [-0.39, 0.29) is 5.91 Å². The molecule has 0 bridgehead atoms. The predicted octanol–water partition coefficient (Wildman–Crippen LogP) is 3.41. The van der Waals surface area contributed by atoms with E-state index in [0.29, 0.717) is 18.2 Å². The molecule has 0 atom stereocenters. The van der Waals surface area contributed by atoms with Crippen LogP contribution < -0.4 is 5.32 Å². The van der Waals surface area contributed by atoms with Crippen molar-refractivity contribution in [1.29, 1.82) is 0 Å². The fourth-order valence-corrected chi connectivity index (χ4v) is 1.56. The van der Waals surface area contributed by atoms with E-state index in [0.717, 1.165) is 11.3 Å². The van der Waals surface area contributed by atoms with Crippen LogP contribution in [0.4, 0.5) is 5.69 Å². The van der Waals surface area contributed by atoms with E-state index in [1.54, 1.807) is 0 Å². The Morgan fingerprint density at radius 1 is 1.40 bits per heavy atom. The number of anilines is 1. The van der Waals surface area contributed by atoms with Gasteiger partial charge in [0.2, 0.25) is 5.91 Å². The first kappa shape index (κ1) is 12.1. The number of amides is 1. The molecule has 0 aliphatic rings. The number of alkyl halides is 1. The molecule has 2 nitrogen and oxygen atoms in total. The summed E-state index contributed by atoms with van der Waals surface area (Å²) in [7, 11) is 0. The molecule has 0 aliphatic carbocycles. The van der Waals surface area contributed by atoms with Crippen LogP contribution in [0.3, 0.4) is 0 Å². The minimum atomic E-state index is 0.0440. The molecule has 0 fully saturated rings. The van der Waals surface area contributed by atoms with Crippen molar-refractivity contribution >= 4 is 23.2 Å². The molecule has 0 saturated carbocycles. The van der Waals surface area contributed by atoms with Crippen LogP contribution in [0, 0.1) is 5.92 Å². The van der Waals surface area contributed by atoms with Crippen molar-refractivity contribution in [1.82, 2.24) is 0 Å². The molecule has 0 aliphatic heterocycles. The highest BCUT2D eigenvalue weighted by atomic mass is 35.5. The molecule has 1 amide bonds. The van der Waals surface area contributed by atoms with Crippen LogP contribution in [0.15, 0.2) is 24.3 Å². The minimum absolute atomic E-state index is 0.0440. The number of rotatable bonds is 4. The van der Waals surface area contributed by atoms with Crippen molar-refractivity contribution in [2.24, 2.45) is 5.92 Å². The second kappa shape index (κ2) is 5.76. The van der Waals surface area contributed by atoms with Crippen molar-refractivity contribution < 1.29 is 4.79 Å². The number of halogens is 1. The zero-order valence-corrected chi connectivity index (χ0v) is 9.84. The predicted molar refractivity (Wildman–Crippen MR) is 64.1 cm³/mol. The van der Waals surface area contributed by atoms with Crippen LogP contribution in [-0.4, -0.2) is 5.91 Å². The molecule has 1 N–H and O–H groups in total. The third-order valence-corrected chi connectivity index (χ3v) is 2.32. The van der Waals surface area contributed by atoms with E-state index in [9.17, 15) is 4.79 Å². The Balaban J connectivity index is 2.67. The van der Waals surface area contributed by atoms with E-state index in [4.69, 9.17) is 11.6 Å². The molecule has 1 aromatic rings. The Kier molecular flexibility index (Phi) is 4.63. The fourth-order valence-electron chi connectivity index (χ4n) is 1.33. The first-order valence-electron chi connectivity index (χ1n) is 5.07. The van der Waals surface area contributed by atoms with E-state index in [2.05, 4.69) is 5.32 Å². The molecular weight excluding hydrogens is 210 g/mol. The van der Waals surface area contributed by atoms with Gasteiger partial charge in [0.15, 0.2) is 0 Å². The maximum Gasteiger partial charge on any atom is 0.224 e. The third-order valence-electron chi connectivity index (χ3n) is 2.03. The van der Waals surface area contributed by atoms with Gasteiger partial charge in [-0.1, -0.05) is 32.0 Å². The van der Waals surface area contributed by atoms with Crippen LogP contribution in [0.5, 0.6) is 0 Å². The third kappa shape index (κ3) is 3.92. The summed E-state index contributed by atoms with van der Waals surface area (Å²) in [5, 5.41) is 2.87. The quantitative estimate of drug-likeness (QED) is 0.782. The fraction of sp³-hybridized carbons (Fsp3) is 0.417. The van der Waals surface area contributed by atoms with E-state index in [1.165, 1.54) is 0 Å². The zero-order chi connectivity index (χ0) is 11.3. The molecule has 0 radical (unpaired) electrons. The molecule has 3 heteroatoms. The van der Waals surface area contributed by atoms with Gasteiger partial charge < -0.3 is 5.32 Å². The first-order valence-corrected chi connectivity index (χ1v) is 5.60. The van der Waals surface area contributed by atoms with Gasteiger partial charge >= 0.3 is 0 Å². The van der Waals surface area contributed by atoms with Crippen LogP contribution >= 0.6 is 11.6 Å². The number of para-hydroxylation sites is 1. The van der Waals surface area contributed by atoms with Crippen molar-refractivity contribution in [3.05, 3.63) is 29.8 Å². The summed E-state index contributed by atoms with van der Waals surface area (Å²) in [4.78, 5) is 11.5. The van der Waals surface area contributed by atoms with Crippen LogP contribution in [0.2, 0.25) is 0 Å². The molecule has 0 spiro atoms. The molecule has 15 heavy (non-hydrogen) atoms. The second-order valence-electron chi connectivity index (χ2n) is 3.94. The lowest BCUT2D eigenvalue weighted by Gasteiger charge is -2.10. The van der Waals surface area contributed by atoms with Crippen molar-refractivity contribution in [2.45, 2.75) is 26.1 Å². The summed E-state index contributed by atoms with van der Waals surface area (Å²) in [6, 6.07) is 7.59. The molecule has 1 rings (SSSR count). The number of carbonyl (C=O) groups excluding carboxylic acids is 1. The average Bonchev–Trinajstić information content (AvgIpc) is 2.17. The highest BCUT2D eigenvalue weighted by Crippen LogP contribution is 2.17. The molecule has 0 heterocycles. The molecular formula is C12H16ClNO. The zero-order valence-electron chi connectivity index (χ0n) is 9.09. The molecule has 82 valence electrons. The van der Waals surface area contributed by atoms with E-state index in [1.807, 2.05) is 38.1 Å². The number of benzene rings is 1. The van der Waals surface area contributed by atoms with Gasteiger partial charge in [-0.2, -0.15) is 0 Å². The highest BCUT2D eigenvalue weighted by Gasteiger charge is 2.07. The summed E-state index contributed by atoms with van der Waals surface area (Å²) in [5.41, 5.74) is 1.77. The van der Waals surface area contributed by atoms with Crippen LogP contribution in [0.25, 0.3) is 0 Å². The van der Waals surface area contributed by atoms with E-state index < -0.39 is 0 Å². The highest BCUT2D eigenvalue weighted by molar-refractivity contribution is 6.17. The maximum atomic E-state index is 11.5. The van der Waals surface area contributed by atoms with Gasteiger partial charge in [-0.25, -0.2) is 0 Å². The van der Waals surface area contributed by atoms with Crippen LogP contribution in [0.1, 0.15) is 25.8 Å². The van der Waals surface area contributed by atoms with Gasteiger partial charge in [-0.05, 0) is 17.5 Å². The molecule has 0 saturated heterocycles. The van der Waals surface area contributed by atoms with Gasteiger partial charge in [0.1, 0.15) is 0 Å². The largest absolute Gasteiger partial charge is 0.326 e. The normalized spacial score (nSPS) is 10.4. The topological polar surface area (TPSA) is 29.1 Å². The van der Waals surface area contributed by atoms with Gasteiger partial charge in [0.25, 0.3) is 0 Å². The van der Waals surface area contributed by atoms with Crippen molar-refractivity contribution in [3.8, 4) is 0 Å². The summed E-state index contributed by atoms with van der Waals surface area (Å²) in [6.45, 7) is 4.04. The smallest absolute Gasteiger partial charge is 0.224 e. The van der Waals surface area contributed by atoms with Gasteiger partial charge in [0.05, 0.1) is 0 Å². The number of nitrogens with one attached hydrogen (secondary N) is 1. The standard InChI is InChI=1S/C12H16ClNO/c1-9(2)7-12(15)14-11-6-4-3-5-10(11)8-13/h3-6,9H,7-8H2,1-2H3,(H,14,15). The Labute approximate surface area is 95.6 Å². The Hall–Kier alpha value is -1.02. The molecule has 0 unspecified atom stereocenters. The molecule has 0 aromatic heterocycles. The number of hydrogen-bond donors (Lipinski definition) is 1. The summed E-state index contributed by atoms with van der Waals surface area (Å²) >= 11 is 5.77. The molecule has 1 aromatic carbocycles. The lowest BCUT2D eigenvalue weighted by molar-refractivity contribution is -0.116. The maximum absolute atomic E-state index is 11.5. The van der Waals surface area contributed by atoms with Crippen LogP contribution in [-0.2, 0) is 10.7 Å². The first-order chi connectivity index (χ1) is 7.13. The van der Waals surface area contributed by atoms with E-state index >= 15 is 0 Å². The monoisotopic (exact) mass is 225 g/mol. The number of hydrogen-bond acceptors (Lipinski definition) is 1. The Morgan fingerprint density at radius 3 is 2.67 bits per heavy atom. The minimum Gasteiger partial charge on any atom is -0.326 e. The van der Waals surface area contributed by atoms with Crippen molar-refractivity contribution in [3.63, 3.8) is 0 Å². The lowest BCUT2D eigenvalue weighted by atomic mass is 10.1. The summed E-state index contributed by atoms with van der Waals surface area (Å²) in [5.74, 6) is 0.828. The van der Waals surface area contributed by atoms with Gasteiger partial charge in [0, 0.05) is 18.0 Å². The van der Waals surface area contributed by atoms with Gasteiger partial charge in [-0.15, -0.1) is 11.6 Å². The second-order valence-corrected chi connectivity index (χ2v) is 4.20. The summed E-state index contributed by atoms with van der Waals surface area (Å²) in [6.07, 6.45) is 0.538. The Morgan fingerprint density at radius 2 is 2.07 bits per heavy atom. The lowest BCUT2D eigenvalue weighted by Crippen LogP contribution is -2.14.